The Morgan fingerprint density at radius 1 is 1.53 bits per heavy atom. The zero-order valence-corrected chi connectivity index (χ0v) is 8.10. The summed E-state index contributed by atoms with van der Waals surface area (Å²) in [6.45, 7) is 0. The van der Waals surface area contributed by atoms with E-state index in [0.29, 0.717) is 12.2 Å². The Balaban J connectivity index is 2.09. The summed E-state index contributed by atoms with van der Waals surface area (Å²) in [7, 11) is 1.27. The monoisotopic (exact) mass is 210 g/mol. The van der Waals surface area contributed by atoms with Crippen molar-refractivity contribution in [2.24, 2.45) is 5.92 Å². The second-order valence-electron chi connectivity index (χ2n) is 3.48. The van der Waals surface area contributed by atoms with Crippen LogP contribution < -0.4 is 0 Å². The van der Waals surface area contributed by atoms with Crippen molar-refractivity contribution in [2.75, 3.05) is 7.11 Å². The van der Waals surface area contributed by atoms with Gasteiger partial charge in [-0.2, -0.15) is 0 Å². The third kappa shape index (κ3) is 1.72. The van der Waals surface area contributed by atoms with Crippen molar-refractivity contribution in [2.45, 2.75) is 12.3 Å². The maximum absolute atomic E-state index is 11.1. The zero-order chi connectivity index (χ0) is 11.0. The van der Waals surface area contributed by atoms with Gasteiger partial charge in [0.15, 0.2) is 0 Å². The number of hydrogen-bond acceptors (Lipinski definition) is 4. The number of rotatable bonds is 3. The molecule has 5 heteroatoms. The summed E-state index contributed by atoms with van der Waals surface area (Å²) in [5, 5.41) is 8.71. The molecule has 5 nitrogen and oxygen atoms in total. The summed E-state index contributed by atoms with van der Waals surface area (Å²) in [5.74, 6) is -1.18. The Kier molecular flexibility index (Phi) is 2.22. The van der Waals surface area contributed by atoms with E-state index in [0.717, 1.165) is 0 Å². The fourth-order valence-corrected chi connectivity index (χ4v) is 1.54. The van der Waals surface area contributed by atoms with Crippen molar-refractivity contribution in [3.8, 4) is 0 Å². The van der Waals surface area contributed by atoms with Crippen LogP contribution in [0.25, 0.3) is 0 Å². The number of methoxy groups -OCH3 is 1. The van der Waals surface area contributed by atoms with Gasteiger partial charge in [-0.05, 0) is 18.6 Å². The molecule has 1 saturated carbocycles. The van der Waals surface area contributed by atoms with Crippen LogP contribution in [0, 0.1) is 5.92 Å². The Morgan fingerprint density at radius 3 is 2.80 bits per heavy atom. The van der Waals surface area contributed by atoms with E-state index in [1.165, 1.54) is 13.2 Å². The summed E-state index contributed by atoms with van der Waals surface area (Å²) in [6.07, 6.45) is 0.573. The van der Waals surface area contributed by atoms with Gasteiger partial charge in [0.25, 0.3) is 0 Å². The zero-order valence-electron chi connectivity index (χ0n) is 8.10. The molecule has 0 bridgehead atoms. The lowest BCUT2D eigenvalue weighted by molar-refractivity contribution is -0.138. The summed E-state index contributed by atoms with van der Waals surface area (Å²) in [4.78, 5) is 21.7. The summed E-state index contributed by atoms with van der Waals surface area (Å²) in [5.41, 5.74) is 0. The number of carboxylic acids is 1. The highest BCUT2D eigenvalue weighted by Gasteiger charge is 2.46. The van der Waals surface area contributed by atoms with E-state index in [-0.39, 0.29) is 17.6 Å². The van der Waals surface area contributed by atoms with Crippen LogP contribution in [-0.2, 0) is 9.53 Å². The van der Waals surface area contributed by atoms with Gasteiger partial charge in [0.2, 0.25) is 5.76 Å². The first-order valence-corrected chi connectivity index (χ1v) is 4.54. The predicted octanol–water partition coefficient (Wildman–Crippen LogP) is 1.25. The fourth-order valence-electron chi connectivity index (χ4n) is 1.54. The molecule has 80 valence electrons. The van der Waals surface area contributed by atoms with Gasteiger partial charge in [0, 0.05) is 5.92 Å². The molecular weight excluding hydrogens is 200 g/mol. The largest absolute Gasteiger partial charge is 0.481 e. The molecule has 1 aliphatic carbocycles. The van der Waals surface area contributed by atoms with Gasteiger partial charge >= 0.3 is 11.9 Å². The number of ether oxygens (including phenoxy) is 1. The number of aliphatic carboxylic acids is 1. The summed E-state index contributed by atoms with van der Waals surface area (Å²) < 4.78 is 9.68. The van der Waals surface area contributed by atoms with Crippen molar-refractivity contribution in [3.63, 3.8) is 0 Å². The molecule has 0 saturated heterocycles. The molecule has 0 unspecified atom stereocenters. The van der Waals surface area contributed by atoms with Crippen LogP contribution in [0.15, 0.2) is 16.5 Å². The smallest absolute Gasteiger partial charge is 0.373 e. The maximum atomic E-state index is 11.1. The molecular formula is C10H10O5. The first kappa shape index (κ1) is 9.76. The first-order chi connectivity index (χ1) is 7.13. The minimum atomic E-state index is -0.823. The van der Waals surface area contributed by atoms with E-state index in [1.54, 1.807) is 6.07 Å². The minimum Gasteiger partial charge on any atom is -0.481 e. The topological polar surface area (TPSA) is 76.7 Å². The number of carbonyl (C=O) groups excluding carboxylic acids is 1. The molecule has 2 atom stereocenters. The van der Waals surface area contributed by atoms with Crippen molar-refractivity contribution >= 4 is 11.9 Å². The van der Waals surface area contributed by atoms with Crippen molar-refractivity contribution in [3.05, 3.63) is 23.7 Å². The van der Waals surface area contributed by atoms with E-state index in [1.807, 2.05) is 0 Å². The molecule has 1 aromatic rings. The predicted molar refractivity (Wildman–Crippen MR) is 48.5 cm³/mol. The molecule has 0 amide bonds. The standard InChI is InChI=1S/C10H10O5/c1-14-10(13)8-3-2-7(15-8)5-4-6(5)9(11)12/h2-3,5-6H,4H2,1H3,(H,11,12)/t5-,6-/m1/s1. The second-order valence-corrected chi connectivity index (χ2v) is 3.48. The van der Waals surface area contributed by atoms with E-state index in [2.05, 4.69) is 4.74 Å². The lowest BCUT2D eigenvalue weighted by Gasteiger charge is -1.94. The Labute approximate surface area is 85.6 Å². The number of carboxylic acid groups (broad SMARTS) is 1. The normalized spacial score (nSPS) is 23.5. The lowest BCUT2D eigenvalue weighted by atomic mass is 10.2. The van der Waals surface area contributed by atoms with Gasteiger partial charge in [0.05, 0.1) is 13.0 Å². The highest BCUT2D eigenvalue weighted by molar-refractivity contribution is 5.86. The highest BCUT2D eigenvalue weighted by Crippen LogP contribution is 2.47. The van der Waals surface area contributed by atoms with Crippen molar-refractivity contribution < 1.29 is 23.8 Å². The van der Waals surface area contributed by atoms with Gasteiger partial charge in [-0.3, -0.25) is 4.79 Å². The average Bonchev–Trinajstić information content (AvgIpc) is 2.88. The number of furan rings is 1. The Morgan fingerprint density at radius 2 is 2.27 bits per heavy atom. The van der Waals surface area contributed by atoms with E-state index in [9.17, 15) is 9.59 Å². The molecule has 2 rings (SSSR count). The van der Waals surface area contributed by atoms with Crippen LogP contribution in [0.1, 0.15) is 28.7 Å². The molecule has 0 radical (unpaired) electrons. The van der Waals surface area contributed by atoms with Gasteiger partial charge in [0.1, 0.15) is 5.76 Å². The summed E-state index contributed by atoms with van der Waals surface area (Å²) in [6, 6.07) is 3.12. The van der Waals surface area contributed by atoms with Crippen LogP contribution in [0.3, 0.4) is 0 Å². The maximum Gasteiger partial charge on any atom is 0.373 e. The van der Waals surface area contributed by atoms with Crippen molar-refractivity contribution in [1.82, 2.24) is 0 Å². The quantitative estimate of drug-likeness (QED) is 0.760. The molecule has 0 spiro atoms. The molecule has 1 aliphatic rings. The SMILES string of the molecule is COC(=O)c1ccc([C@@H]2C[C@H]2C(=O)O)o1. The minimum absolute atomic E-state index is 0.0964. The van der Waals surface area contributed by atoms with Gasteiger partial charge in [-0.25, -0.2) is 4.79 Å². The molecule has 0 aliphatic heterocycles. The number of esters is 1. The Bertz CT molecular complexity index is 406. The van der Waals surface area contributed by atoms with Crippen LogP contribution in [0.4, 0.5) is 0 Å². The van der Waals surface area contributed by atoms with E-state index < -0.39 is 11.9 Å². The van der Waals surface area contributed by atoms with E-state index in [4.69, 9.17) is 9.52 Å². The second kappa shape index (κ2) is 3.42. The van der Waals surface area contributed by atoms with Crippen LogP contribution in [0.2, 0.25) is 0 Å². The van der Waals surface area contributed by atoms with Gasteiger partial charge < -0.3 is 14.3 Å². The lowest BCUT2D eigenvalue weighted by Crippen LogP contribution is -1.99. The third-order valence-electron chi connectivity index (χ3n) is 2.49. The molecule has 0 aromatic carbocycles. The van der Waals surface area contributed by atoms with E-state index >= 15 is 0 Å². The third-order valence-corrected chi connectivity index (χ3v) is 2.49. The molecule has 1 N–H and O–H groups in total. The van der Waals surface area contributed by atoms with Gasteiger partial charge in [-0.1, -0.05) is 0 Å². The number of carbonyl (C=O) groups is 2. The highest BCUT2D eigenvalue weighted by atomic mass is 16.5. The van der Waals surface area contributed by atoms with Crippen LogP contribution in [0.5, 0.6) is 0 Å². The van der Waals surface area contributed by atoms with Crippen LogP contribution >= 0.6 is 0 Å². The molecule has 1 heterocycles. The molecule has 15 heavy (non-hydrogen) atoms. The van der Waals surface area contributed by atoms with Crippen LogP contribution in [-0.4, -0.2) is 24.2 Å². The fraction of sp³-hybridized carbons (Fsp3) is 0.400. The molecule has 1 aromatic heterocycles. The molecule has 1 fully saturated rings. The average molecular weight is 210 g/mol. The Hall–Kier alpha value is -1.78. The van der Waals surface area contributed by atoms with Crippen molar-refractivity contribution in [1.29, 1.82) is 0 Å². The number of hydrogen-bond donors (Lipinski definition) is 1. The van der Waals surface area contributed by atoms with Gasteiger partial charge in [-0.15, -0.1) is 0 Å². The first-order valence-electron chi connectivity index (χ1n) is 4.54. The summed E-state index contributed by atoms with van der Waals surface area (Å²) >= 11 is 0.